The van der Waals surface area contributed by atoms with Gasteiger partial charge in [0.15, 0.2) is 6.10 Å². The Hall–Kier alpha value is -4.28. The standard InChI is InChI=1S/C46H60N4O5.CO2/c1-9-42(5)24-30-25-43(6,37-32(16-20-49(26-30)27-42)31-14-11-12-15-35(31)47-37)33-23-34-36(22-28(33)3)48(7)39-45(34)18-21-50-19-13-17-44(10-2,38(45)50)40(55-29(4)51)46(39,53)41(52)54-8;2-1-3/h11-15,17,22-23,30,38-40,47,53H,9-10,16,18-21,24-27H2,1-8H3;/t30-,38+,39-,40-,42?,43-,44-,45-,46+;/m1./s1. The Labute approximate surface area is 342 Å². The van der Waals surface area contributed by atoms with Gasteiger partial charge < -0.3 is 29.4 Å². The summed E-state index contributed by atoms with van der Waals surface area (Å²) in [6.45, 7) is 17.9. The van der Waals surface area contributed by atoms with Crippen molar-refractivity contribution in [3.8, 4) is 0 Å². The Bertz CT molecular complexity index is 2210. The Kier molecular flexibility index (Phi) is 9.90. The van der Waals surface area contributed by atoms with E-state index in [1.807, 2.05) is 7.05 Å². The van der Waals surface area contributed by atoms with Crippen LogP contribution in [0.1, 0.15) is 94.7 Å². The van der Waals surface area contributed by atoms with Gasteiger partial charge in [0.1, 0.15) is 0 Å². The van der Waals surface area contributed by atoms with Crippen molar-refractivity contribution in [2.45, 2.75) is 115 Å². The minimum absolute atomic E-state index is 0.109. The lowest BCUT2D eigenvalue weighted by Crippen LogP contribution is -2.81. The maximum absolute atomic E-state index is 14.3. The molecule has 1 spiro atoms. The number of aromatic amines is 1. The molecule has 6 aliphatic rings. The highest BCUT2D eigenvalue weighted by Crippen LogP contribution is 2.68. The molecule has 9 rings (SSSR count). The SMILES string of the molecule is CCC1(C)C[C@H]2CN(CCc3c([nH]c4ccccc34)[C@@](C)(c3cc4c(cc3C)N(C)[C@H]3[C@@](O)(C(=O)OC)[C@H](OC(C)=O)[C@]5(CC)C=CCN6CC[C@]43[C@@H]65)C2)C1.O=C=O. The number of likely N-dealkylation sites (N-methyl/N-ethyl adjacent to an activating group) is 1. The second kappa shape index (κ2) is 14.2. The zero-order valence-electron chi connectivity index (χ0n) is 35.4. The maximum Gasteiger partial charge on any atom is 0.373 e. The van der Waals surface area contributed by atoms with Gasteiger partial charge in [0.05, 0.1) is 13.2 Å². The number of aryl methyl sites for hydroxylation is 1. The first kappa shape index (κ1) is 40.5. The number of aromatic nitrogens is 1. The number of esters is 2. The molecular formula is C47H60N4O7. The number of anilines is 1. The Morgan fingerprint density at radius 1 is 1.03 bits per heavy atom. The number of para-hydroxylation sites is 1. The number of piperidine rings is 1. The average Bonchev–Trinajstić information content (AvgIpc) is 3.85. The lowest BCUT2D eigenvalue weighted by molar-refractivity contribution is -0.228. The van der Waals surface area contributed by atoms with Crippen molar-refractivity contribution in [3.63, 3.8) is 0 Å². The summed E-state index contributed by atoms with van der Waals surface area (Å²) in [5, 5.41) is 14.6. The molecule has 11 heteroatoms. The van der Waals surface area contributed by atoms with Gasteiger partial charge in [-0.05, 0) is 105 Å². The van der Waals surface area contributed by atoms with Crippen LogP contribution in [0.3, 0.4) is 0 Å². The molecule has 1 saturated carbocycles. The largest absolute Gasteiger partial charge is 0.467 e. The first-order valence-electron chi connectivity index (χ1n) is 21.2. The van der Waals surface area contributed by atoms with Crippen LogP contribution in [0.5, 0.6) is 0 Å². The average molecular weight is 793 g/mol. The fourth-order valence-corrected chi connectivity index (χ4v) is 13.8. The molecule has 6 heterocycles. The van der Waals surface area contributed by atoms with Gasteiger partial charge in [0.25, 0.3) is 0 Å². The van der Waals surface area contributed by atoms with Crippen LogP contribution in [0.2, 0.25) is 0 Å². The van der Waals surface area contributed by atoms with Crippen LogP contribution in [-0.4, -0.2) is 109 Å². The highest BCUT2D eigenvalue weighted by molar-refractivity contribution is 5.88. The quantitative estimate of drug-likeness (QED) is 0.241. The van der Waals surface area contributed by atoms with E-state index in [1.54, 1.807) is 0 Å². The predicted octanol–water partition coefficient (Wildman–Crippen LogP) is 5.83. The molecular weight excluding hydrogens is 733 g/mol. The third-order valence-corrected chi connectivity index (χ3v) is 15.8. The first-order valence-corrected chi connectivity index (χ1v) is 21.2. The smallest absolute Gasteiger partial charge is 0.373 e. The van der Waals surface area contributed by atoms with Crippen LogP contribution >= 0.6 is 0 Å². The molecule has 2 N–H and O–H groups in total. The molecule has 10 atom stereocenters. The van der Waals surface area contributed by atoms with Gasteiger partial charge in [0.2, 0.25) is 5.60 Å². The van der Waals surface area contributed by atoms with Gasteiger partial charge in [0, 0.05) is 84.7 Å². The molecule has 2 aromatic carbocycles. The summed E-state index contributed by atoms with van der Waals surface area (Å²) in [6, 6.07) is 12.8. The van der Waals surface area contributed by atoms with Gasteiger partial charge in [-0.1, -0.05) is 57.2 Å². The van der Waals surface area contributed by atoms with E-state index in [0.717, 1.165) is 57.7 Å². The summed E-state index contributed by atoms with van der Waals surface area (Å²) in [4.78, 5) is 54.9. The van der Waals surface area contributed by atoms with Crippen LogP contribution < -0.4 is 4.90 Å². The molecule has 3 aromatic rings. The molecule has 0 radical (unpaired) electrons. The number of benzene rings is 2. The lowest BCUT2D eigenvalue weighted by atomic mass is 9.47. The van der Waals surface area contributed by atoms with E-state index in [-0.39, 0.29) is 23.0 Å². The number of H-pyrrole nitrogens is 1. The summed E-state index contributed by atoms with van der Waals surface area (Å²) in [5.41, 5.74) is 5.01. The number of rotatable bonds is 5. The van der Waals surface area contributed by atoms with E-state index in [9.17, 15) is 14.7 Å². The molecule has 11 nitrogen and oxygen atoms in total. The normalized spacial score (nSPS) is 37.1. The summed E-state index contributed by atoms with van der Waals surface area (Å²) in [5.74, 6) is -0.755. The number of aliphatic hydroxyl groups is 1. The molecule has 0 amide bonds. The number of carbonyl (C=O) groups is 2. The fourth-order valence-electron chi connectivity index (χ4n) is 13.8. The number of hydrogen-bond donors (Lipinski definition) is 2. The van der Waals surface area contributed by atoms with Crippen LogP contribution in [0.25, 0.3) is 10.9 Å². The summed E-state index contributed by atoms with van der Waals surface area (Å²) >= 11 is 0. The first-order chi connectivity index (χ1) is 27.6. The molecule has 2 unspecified atom stereocenters. The van der Waals surface area contributed by atoms with Gasteiger partial charge >= 0.3 is 18.1 Å². The predicted molar refractivity (Wildman–Crippen MR) is 220 cm³/mol. The minimum atomic E-state index is -2.13. The van der Waals surface area contributed by atoms with Crippen LogP contribution in [0.4, 0.5) is 5.69 Å². The topological polar surface area (TPSA) is 132 Å². The van der Waals surface area contributed by atoms with Crippen LogP contribution in [0.15, 0.2) is 48.6 Å². The number of nitrogens with zero attached hydrogens (tertiary/aromatic N) is 3. The second-order valence-corrected chi connectivity index (χ2v) is 18.9. The molecule has 58 heavy (non-hydrogen) atoms. The molecule has 1 aromatic heterocycles. The summed E-state index contributed by atoms with van der Waals surface area (Å²) in [6.07, 6.45) is 9.14. The summed E-state index contributed by atoms with van der Waals surface area (Å²) in [7, 11) is 3.34. The van der Waals surface area contributed by atoms with Crippen molar-refractivity contribution in [2.75, 3.05) is 51.8 Å². The zero-order valence-corrected chi connectivity index (χ0v) is 35.4. The highest BCUT2D eigenvalue weighted by atomic mass is 16.6. The maximum atomic E-state index is 14.3. The van der Waals surface area contributed by atoms with Crippen molar-refractivity contribution >= 4 is 34.7 Å². The molecule has 3 fully saturated rings. The van der Waals surface area contributed by atoms with Crippen molar-refractivity contribution < 1.29 is 33.8 Å². The molecule has 5 aliphatic heterocycles. The van der Waals surface area contributed by atoms with Crippen LogP contribution in [0, 0.1) is 23.7 Å². The van der Waals surface area contributed by atoms with Crippen LogP contribution in [-0.2, 0) is 45.9 Å². The van der Waals surface area contributed by atoms with Crippen molar-refractivity contribution in [2.24, 2.45) is 16.7 Å². The van der Waals surface area contributed by atoms with Gasteiger partial charge in [-0.3, -0.25) is 9.69 Å². The van der Waals surface area contributed by atoms with E-state index in [1.165, 1.54) is 65.7 Å². The Balaban J connectivity index is 0.00000152. The molecule has 1 aliphatic carbocycles. The Morgan fingerprint density at radius 2 is 1.78 bits per heavy atom. The number of hydrogen-bond acceptors (Lipinski definition) is 10. The van der Waals surface area contributed by atoms with Gasteiger partial charge in [-0.15, -0.1) is 0 Å². The number of ether oxygens (including phenoxy) is 2. The van der Waals surface area contributed by atoms with E-state index < -0.39 is 40.5 Å². The molecule has 2 saturated heterocycles. The molecule has 310 valence electrons. The zero-order chi connectivity index (χ0) is 41.6. The monoisotopic (exact) mass is 792 g/mol. The minimum Gasteiger partial charge on any atom is -0.467 e. The van der Waals surface area contributed by atoms with E-state index in [0.29, 0.717) is 12.3 Å². The van der Waals surface area contributed by atoms with Crippen molar-refractivity contribution in [1.29, 1.82) is 0 Å². The number of nitrogens with one attached hydrogen (secondary N) is 1. The number of carbonyl (C=O) groups excluding carboxylic acids is 4. The third kappa shape index (κ3) is 5.49. The number of methoxy groups -OCH3 is 1. The fraction of sp³-hybridized carbons (Fsp3) is 0.596. The second-order valence-electron chi connectivity index (χ2n) is 18.9. The van der Waals surface area contributed by atoms with E-state index in [4.69, 9.17) is 19.1 Å². The Morgan fingerprint density at radius 3 is 2.47 bits per heavy atom. The van der Waals surface area contributed by atoms with Crippen molar-refractivity contribution in [3.05, 3.63) is 76.5 Å². The highest BCUT2D eigenvalue weighted by Gasteiger charge is 2.80. The molecule has 2 bridgehead atoms. The van der Waals surface area contributed by atoms with E-state index >= 15 is 0 Å². The lowest BCUT2D eigenvalue weighted by Gasteiger charge is -2.63. The van der Waals surface area contributed by atoms with Crippen molar-refractivity contribution in [1.82, 2.24) is 14.8 Å². The number of fused-ring (bicyclic) bond motifs is 6. The van der Waals surface area contributed by atoms with E-state index in [2.05, 4.69) is 103 Å². The summed E-state index contributed by atoms with van der Waals surface area (Å²) < 4.78 is 11.7. The van der Waals surface area contributed by atoms with Gasteiger partial charge in [-0.2, -0.15) is 9.59 Å². The third-order valence-electron chi connectivity index (χ3n) is 15.8. The van der Waals surface area contributed by atoms with Gasteiger partial charge in [-0.25, -0.2) is 4.79 Å².